The van der Waals surface area contributed by atoms with E-state index in [-0.39, 0.29) is 35.3 Å². The lowest BCUT2D eigenvalue weighted by atomic mass is 9.95. The van der Waals surface area contributed by atoms with E-state index >= 15 is 0 Å². The lowest BCUT2D eigenvalue weighted by Gasteiger charge is -2.15. The fourth-order valence-corrected chi connectivity index (χ4v) is 4.78. The van der Waals surface area contributed by atoms with Gasteiger partial charge in [-0.1, -0.05) is 0 Å². The van der Waals surface area contributed by atoms with Crippen LogP contribution in [0.3, 0.4) is 0 Å². The van der Waals surface area contributed by atoms with Crippen molar-refractivity contribution in [1.29, 1.82) is 0 Å². The van der Waals surface area contributed by atoms with Gasteiger partial charge in [-0.3, -0.25) is 4.79 Å². The van der Waals surface area contributed by atoms with Crippen LogP contribution in [-0.4, -0.2) is 75.0 Å². The Bertz CT molecular complexity index is 1120. The van der Waals surface area contributed by atoms with E-state index in [4.69, 9.17) is 9.47 Å². The van der Waals surface area contributed by atoms with Crippen molar-refractivity contribution in [3.05, 3.63) is 40.1 Å². The number of aromatic nitrogens is 2. The molecular weight excluding hydrogens is 434 g/mol. The first-order valence-corrected chi connectivity index (χ1v) is 12.1. The van der Waals surface area contributed by atoms with Crippen molar-refractivity contribution in [2.24, 2.45) is 0 Å². The number of carbonyl (C=O) groups excluding carboxylic acids is 2. The molecule has 9 nitrogen and oxygen atoms in total. The minimum atomic E-state index is -3.44. The number of carbonyl (C=O) groups is 2. The predicted molar refractivity (Wildman–Crippen MR) is 120 cm³/mol. The molecule has 0 fully saturated rings. The molecule has 32 heavy (non-hydrogen) atoms. The molecule has 1 aromatic carbocycles. The average molecular weight is 466 g/mol. The summed E-state index contributed by atoms with van der Waals surface area (Å²) in [6, 6.07) is 1.57. The van der Waals surface area contributed by atoms with Crippen LogP contribution in [0.4, 0.5) is 0 Å². The molecule has 2 aromatic rings. The molecule has 1 aromatic heterocycles. The highest BCUT2D eigenvalue weighted by atomic mass is 32.2. The van der Waals surface area contributed by atoms with E-state index < -0.39 is 15.8 Å². The smallest absolute Gasteiger partial charge is 0.344 e. The summed E-state index contributed by atoms with van der Waals surface area (Å²) in [7, 11) is 0.302. The van der Waals surface area contributed by atoms with Crippen molar-refractivity contribution in [2.45, 2.75) is 39.1 Å². The van der Waals surface area contributed by atoms with Crippen LogP contribution in [0.1, 0.15) is 39.5 Å². The van der Waals surface area contributed by atoms with Gasteiger partial charge in [0, 0.05) is 24.9 Å². The van der Waals surface area contributed by atoms with E-state index in [2.05, 4.69) is 5.10 Å². The molecule has 0 aliphatic rings. The number of likely N-dealkylation sites (N-methyl/N-ethyl adjacent to an activating group) is 1. The summed E-state index contributed by atoms with van der Waals surface area (Å²) in [6.45, 7) is 7.80. The summed E-state index contributed by atoms with van der Waals surface area (Å²) < 4.78 is 36.6. The van der Waals surface area contributed by atoms with E-state index in [0.29, 0.717) is 35.3 Å². The monoisotopic (exact) mass is 465 g/mol. The van der Waals surface area contributed by atoms with Crippen LogP contribution in [0.5, 0.6) is 5.88 Å². The lowest BCUT2D eigenvalue weighted by molar-refractivity contribution is -0.146. The highest BCUT2D eigenvalue weighted by molar-refractivity contribution is 7.90. The molecule has 10 heteroatoms. The zero-order chi connectivity index (χ0) is 24.2. The number of esters is 1. The van der Waals surface area contributed by atoms with E-state index in [9.17, 15) is 18.0 Å². The number of ketones is 1. The first-order valence-electron chi connectivity index (χ1n) is 10.2. The number of ether oxygens (including phenoxy) is 2. The summed E-state index contributed by atoms with van der Waals surface area (Å²) in [5.41, 5.74) is 2.15. The highest BCUT2D eigenvalue weighted by Crippen LogP contribution is 2.30. The Labute approximate surface area is 189 Å². The SMILES string of the molecule is CCn1ncc(C(=O)c2cc(C)c(S(C)(=O)=O)c(C)c2C)c1OCC(=O)OCCN(C)C. The van der Waals surface area contributed by atoms with Gasteiger partial charge in [-0.15, -0.1) is 0 Å². The van der Waals surface area contributed by atoms with E-state index in [0.717, 1.165) is 6.26 Å². The van der Waals surface area contributed by atoms with Crippen molar-refractivity contribution < 1.29 is 27.5 Å². The van der Waals surface area contributed by atoms with Gasteiger partial charge in [0.1, 0.15) is 12.2 Å². The van der Waals surface area contributed by atoms with E-state index in [1.807, 2.05) is 25.9 Å². The first kappa shape index (κ1) is 25.5. The van der Waals surface area contributed by atoms with Gasteiger partial charge < -0.3 is 14.4 Å². The van der Waals surface area contributed by atoms with Crippen LogP contribution in [0, 0.1) is 20.8 Å². The molecule has 2 rings (SSSR count). The average Bonchev–Trinajstić information content (AvgIpc) is 3.10. The molecule has 0 saturated carbocycles. The Balaban J connectivity index is 2.34. The van der Waals surface area contributed by atoms with Gasteiger partial charge in [0.25, 0.3) is 0 Å². The lowest BCUT2D eigenvalue weighted by Crippen LogP contribution is -2.23. The third kappa shape index (κ3) is 5.74. The van der Waals surface area contributed by atoms with Gasteiger partial charge in [-0.2, -0.15) is 5.10 Å². The second-order valence-electron chi connectivity index (χ2n) is 7.91. The van der Waals surface area contributed by atoms with Crippen molar-refractivity contribution in [1.82, 2.24) is 14.7 Å². The standard InChI is InChI=1S/C22H31N3O6S/c1-8-25-22(31-13-19(26)30-10-9-24(5)6)18(12-23-25)20(27)17-11-14(2)21(32(7,28)29)16(4)15(17)3/h11-12H,8-10,13H2,1-7H3. The molecule has 0 spiro atoms. The molecule has 0 aliphatic carbocycles. The number of hydrogen-bond acceptors (Lipinski definition) is 8. The quantitative estimate of drug-likeness (QED) is 0.387. The fraction of sp³-hybridized carbons (Fsp3) is 0.500. The van der Waals surface area contributed by atoms with Gasteiger partial charge in [0.15, 0.2) is 22.2 Å². The Morgan fingerprint density at radius 1 is 1.12 bits per heavy atom. The van der Waals surface area contributed by atoms with E-state index in [1.165, 1.54) is 10.9 Å². The number of aryl methyl sites for hydroxylation is 2. The Kier molecular flexibility index (Phi) is 8.19. The molecular formula is C22H31N3O6S. The zero-order valence-corrected chi connectivity index (χ0v) is 20.5. The summed E-state index contributed by atoms with van der Waals surface area (Å²) in [5.74, 6) is -0.733. The third-order valence-corrected chi connectivity index (χ3v) is 6.47. The Morgan fingerprint density at radius 2 is 1.78 bits per heavy atom. The Hall–Kier alpha value is -2.72. The van der Waals surface area contributed by atoms with Gasteiger partial charge in [0.05, 0.1) is 11.1 Å². The molecule has 0 atom stereocenters. The fourth-order valence-electron chi connectivity index (χ4n) is 3.43. The number of rotatable bonds is 10. The number of benzene rings is 1. The minimum absolute atomic E-state index is 0.170. The number of hydrogen-bond donors (Lipinski definition) is 0. The molecule has 0 unspecified atom stereocenters. The van der Waals surface area contributed by atoms with E-state index in [1.54, 1.807) is 26.8 Å². The maximum atomic E-state index is 13.4. The van der Waals surface area contributed by atoms with Crippen molar-refractivity contribution >= 4 is 21.6 Å². The Morgan fingerprint density at radius 3 is 2.34 bits per heavy atom. The number of nitrogens with zero attached hydrogens (tertiary/aromatic N) is 3. The van der Waals surface area contributed by atoms with Crippen LogP contribution in [0.25, 0.3) is 0 Å². The van der Waals surface area contributed by atoms with Gasteiger partial charge in [0.2, 0.25) is 5.88 Å². The van der Waals surface area contributed by atoms with Crippen LogP contribution in [0.15, 0.2) is 17.2 Å². The minimum Gasteiger partial charge on any atom is -0.465 e. The largest absolute Gasteiger partial charge is 0.465 e. The highest BCUT2D eigenvalue weighted by Gasteiger charge is 2.26. The zero-order valence-electron chi connectivity index (χ0n) is 19.7. The van der Waals surface area contributed by atoms with Crippen molar-refractivity contribution in [2.75, 3.05) is 40.1 Å². The molecule has 176 valence electrons. The predicted octanol–water partition coefficient (Wildman–Crippen LogP) is 1.95. The molecule has 1 heterocycles. The van der Waals surface area contributed by atoms with Crippen molar-refractivity contribution in [3.63, 3.8) is 0 Å². The number of sulfone groups is 1. The second kappa shape index (κ2) is 10.3. The summed E-state index contributed by atoms with van der Waals surface area (Å²) in [4.78, 5) is 27.5. The summed E-state index contributed by atoms with van der Waals surface area (Å²) in [6.07, 6.45) is 2.55. The van der Waals surface area contributed by atoms with Gasteiger partial charge in [-0.25, -0.2) is 17.9 Å². The summed E-state index contributed by atoms with van der Waals surface area (Å²) in [5, 5.41) is 4.19. The first-order chi connectivity index (χ1) is 14.9. The maximum absolute atomic E-state index is 13.4. The molecule has 0 amide bonds. The summed E-state index contributed by atoms with van der Waals surface area (Å²) >= 11 is 0. The van der Waals surface area contributed by atoms with Crippen LogP contribution in [0.2, 0.25) is 0 Å². The van der Waals surface area contributed by atoms with Crippen LogP contribution >= 0.6 is 0 Å². The molecule has 0 bridgehead atoms. The maximum Gasteiger partial charge on any atom is 0.344 e. The van der Waals surface area contributed by atoms with Crippen molar-refractivity contribution in [3.8, 4) is 5.88 Å². The van der Waals surface area contributed by atoms with Gasteiger partial charge in [-0.05, 0) is 64.5 Å². The molecule has 0 radical (unpaired) electrons. The topological polar surface area (TPSA) is 108 Å². The second-order valence-corrected chi connectivity index (χ2v) is 9.87. The third-order valence-electron chi connectivity index (χ3n) is 5.11. The molecule has 0 saturated heterocycles. The van der Waals surface area contributed by atoms with Crippen LogP contribution < -0.4 is 4.74 Å². The molecule has 0 N–H and O–H groups in total. The molecule has 0 aliphatic heterocycles. The van der Waals surface area contributed by atoms with Crippen LogP contribution in [-0.2, 0) is 25.9 Å². The normalized spacial score (nSPS) is 11.6. The van der Waals surface area contributed by atoms with Gasteiger partial charge >= 0.3 is 5.97 Å².